The second-order valence-electron chi connectivity index (χ2n) is 4.19. The van der Waals surface area contributed by atoms with Gasteiger partial charge in [-0.1, -0.05) is 6.92 Å². The fourth-order valence-corrected chi connectivity index (χ4v) is 1.22. The Balaban J connectivity index is 3.96. The van der Waals surface area contributed by atoms with Crippen LogP contribution in [0.2, 0.25) is 0 Å². The van der Waals surface area contributed by atoms with Crippen LogP contribution in [0.5, 0.6) is 0 Å². The first-order valence-electron chi connectivity index (χ1n) is 4.38. The summed E-state index contributed by atoms with van der Waals surface area (Å²) in [5.74, 6) is 0. The summed E-state index contributed by atoms with van der Waals surface area (Å²) >= 11 is 0. The van der Waals surface area contributed by atoms with E-state index in [1.165, 1.54) is 0 Å². The Kier molecular flexibility index (Phi) is 4.04. The van der Waals surface area contributed by atoms with Crippen molar-refractivity contribution in [2.75, 3.05) is 13.1 Å². The van der Waals surface area contributed by atoms with Crippen LogP contribution in [0.15, 0.2) is 0 Å². The number of nitrogens with two attached hydrogens (primary N) is 1. The summed E-state index contributed by atoms with van der Waals surface area (Å²) in [5, 5.41) is 0. The lowest BCUT2D eigenvalue weighted by molar-refractivity contribution is 0.138. The van der Waals surface area contributed by atoms with E-state index in [1.54, 1.807) is 0 Å². The van der Waals surface area contributed by atoms with Gasteiger partial charge in [0, 0.05) is 18.1 Å². The van der Waals surface area contributed by atoms with Gasteiger partial charge in [-0.2, -0.15) is 0 Å². The van der Waals surface area contributed by atoms with Gasteiger partial charge in [-0.25, -0.2) is 0 Å². The first kappa shape index (κ1) is 10.9. The van der Waals surface area contributed by atoms with Crippen LogP contribution in [0.4, 0.5) is 0 Å². The summed E-state index contributed by atoms with van der Waals surface area (Å²) in [5.41, 5.74) is 5.98. The number of rotatable bonds is 3. The Morgan fingerprint density at radius 1 is 1.36 bits per heavy atom. The van der Waals surface area contributed by atoms with Crippen LogP contribution in [-0.2, 0) is 0 Å². The van der Waals surface area contributed by atoms with Gasteiger partial charge in [0.05, 0.1) is 0 Å². The second-order valence-corrected chi connectivity index (χ2v) is 4.19. The Labute approximate surface area is 70.8 Å². The van der Waals surface area contributed by atoms with E-state index < -0.39 is 0 Å². The van der Waals surface area contributed by atoms with E-state index in [9.17, 15) is 0 Å². The normalized spacial score (nSPS) is 15.5. The fourth-order valence-electron chi connectivity index (χ4n) is 1.22. The van der Waals surface area contributed by atoms with Crippen molar-refractivity contribution in [2.24, 2.45) is 5.73 Å². The van der Waals surface area contributed by atoms with Gasteiger partial charge in [-0.15, -0.1) is 0 Å². The first-order chi connectivity index (χ1) is 4.88. The molecule has 0 aromatic rings. The second kappa shape index (κ2) is 4.07. The van der Waals surface area contributed by atoms with Gasteiger partial charge in [0.2, 0.25) is 0 Å². The molecule has 0 spiro atoms. The molecule has 0 aromatic heterocycles. The van der Waals surface area contributed by atoms with Crippen LogP contribution in [0.25, 0.3) is 0 Å². The molecule has 0 aliphatic rings. The zero-order chi connectivity index (χ0) is 9.07. The highest BCUT2D eigenvalue weighted by molar-refractivity contribution is 4.77. The van der Waals surface area contributed by atoms with Crippen molar-refractivity contribution in [1.82, 2.24) is 4.90 Å². The third kappa shape index (κ3) is 4.38. The lowest BCUT2D eigenvalue weighted by atomic mass is 10.1. The summed E-state index contributed by atoms with van der Waals surface area (Å²) in [6, 6.07) is 0.272. The largest absolute Gasteiger partial charge is 0.327 e. The van der Waals surface area contributed by atoms with Crippen molar-refractivity contribution in [3.05, 3.63) is 0 Å². The summed E-state index contributed by atoms with van der Waals surface area (Å²) in [4.78, 5) is 2.39. The first-order valence-corrected chi connectivity index (χ1v) is 4.38. The van der Waals surface area contributed by atoms with Crippen molar-refractivity contribution in [1.29, 1.82) is 0 Å². The molecule has 0 aromatic carbocycles. The van der Waals surface area contributed by atoms with Crippen molar-refractivity contribution in [2.45, 2.75) is 46.2 Å². The van der Waals surface area contributed by atoms with E-state index in [-0.39, 0.29) is 11.6 Å². The average molecular weight is 158 g/mol. The van der Waals surface area contributed by atoms with E-state index in [4.69, 9.17) is 5.73 Å². The Hall–Kier alpha value is -0.0800. The molecule has 2 heteroatoms. The third-order valence-electron chi connectivity index (χ3n) is 1.84. The average Bonchev–Trinajstić information content (AvgIpc) is 1.79. The molecule has 0 bridgehead atoms. The molecule has 68 valence electrons. The molecule has 2 N–H and O–H groups in total. The highest BCUT2D eigenvalue weighted by Crippen LogP contribution is 2.12. The quantitative estimate of drug-likeness (QED) is 0.673. The fraction of sp³-hybridized carbons (Fsp3) is 1.00. The van der Waals surface area contributed by atoms with Crippen molar-refractivity contribution < 1.29 is 0 Å². The molecule has 0 radical (unpaired) electrons. The summed E-state index contributed by atoms with van der Waals surface area (Å²) in [6.07, 6.45) is 0. The van der Waals surface area contributed by atoms with Gasteiger partial charge in [-0.3, -0.25) is 4.90 Å². The minimum Gasteiger partial charge on any atom is -0.327 e. The molecule has 1 atom stereocenters. The number of hydrogen-bond acceptors (Lipinski definition) is 2. The monoisotopic (exact) mass is 158 g/mol. The lowest BCUT2D eigenvalue weighted by Gasteiger charge is -2.35. The van der Waals surface area contributed by atoms with E-state index in [0.717, 1.165) is 13.1 Å². The van der Waals surface area contributed by atoms with Crippen molar-refractivity contribution >= 4 is 0 Å². The highest BCUT2D eigenvalue weighted by Gasteiger charge is 2.19. The number of likely N-dealkylation sites (N-methyl/N-ethyl adjacent to an activating group) is 1. The maximum Gasteiger partial charge on any atom is 0.0139 e. The third-order valence-corrected chi connectivity index (χ3v) is 1.84. The van der Waals surface area contributed by atoms with Gasteiger partial charge >= 0.3 is 0 Å². The van der Waals surface area contributed by atoms with E-state index >= 15 is 0 Å². The predicted octanol–water partition coefficient (Wildman–Crippen LogP) is 1.45. The topological polar surface area (TPSA) is 29.3 Å². The van der Waals surface area contributed by atoms with Crippen molar-refractivity contribution in [3.63, 3.8) is 0 Å². The molecular weight excluding hydrogens is 136 g/mol. The standard InChI is InChI=1S/C9H22N2/c1-6-11(7-8(2)10)9(3,4)5/h8H,6-7,10H2,1-5H3/t8-/m0/s1. The predicted molar refractivity (Wildman–Crippen MR) is 50.6 cm³/mol. The maximum atomic E-state index is 5.72. The Morgan fingerprint density at radius 2 is 1.82 bits per heavy atom. The summed E-state index contributed by atoms with van der Waals surface area (Å²) < 4.78 is 0. The molecule has 0 saturated heterocycles. The zero-order valence-corrected chi connectivity index (χ0v) is 8.52. The van der Waals surface area contributed by atoms with E-state index in [1.807, 2.05) is 0 Å². The van der Waals surface area contributed by atoms with Gasteiger partial charge < -0.3 is 5.73 Å². The lowest BCUT2D eigenvalue weighted by Crippen LogP contribution is -2.46. The summed E-state index contributed by atoms with van der Waals surface area (Å²) in [7, 11) is 0. The van der Waals surface area contributed by atoms with Crippen LogP contribution < -0.4 is 5.73 Å². The van der Waals surface area contributed by atoms with Crippen LogP contribution in [-0.4, -0.2) is 29.6 Å². The molecule has 0 rings (SSSR count). The molecule has 0 heterocycles. The molecular formula is C9H22N2. The SMILES string of the molecule is CCN(C[C@H](C)N)C(C)(C)C. The molecule has 0 saturated carbocycles. The molecule has 0 unspecified atom stereocenters. The minimum atomic E-state index is 0.252. The minimum absolute atomic E-state index is 0.252. The number of nitrogens with zero attached hydrogens (tertiary/aromatic N) is 1. The molecule has 0 aliphatic carbocycles. The maximum absolute atomic E-state index is 5.72. The van der Waals surface area contributed by atoms with Gasteiger partial charge in [0.15, 0.2) is 0 Å². The summed E-state index contributed by atoms with van der Waals surface area (Å²) in [6.45, 7) is 12.9. The Morgan fingerprint density at radius 3 is 1.91 bits per heavy atom. The van der Waals surface area contributed by atoms with Gasteiger partial charge in [-0.05, 0) is 34.2 Å². The van der Waals surface area contributed by atoms with Crippen LogP contribution >= 0.6 is 0 Å². The smallest absolute Gasteiger partial charge is 0.0139 e. The zero-order valence-electron chi connectivity index (χ0n) is 8.52. The van der Waals surface area contributed by atoms with E-state index in [0.29, 0.717) is 0 Å². The Bertz CT molecular complexity index is 103. The molecule has 0 fully saturated rings. The number of hydrogen-bond donors (Lipinski definition) is 1. The van der Waals surface area contributed by atoms with E-state index in [2.05, 4.69) is 39.5 Å². The van der Waals surface area contributed by atoms with Crippen LogP contribution in [0.3, 0.4) is 0 Å². The van der Waals surface area contributed by atoms with Gasteiger partial charge in [0.1, 0.15) is 0 Å². The van der Waals surface area contributed by atoms with Crippen molar-refractivity contribution in [3.8, 4) is 0 Å². The molecule has 11 heavy (non-hydrogen) atoms. The molecule has 2 nitrogen and oxygen atoms in total. The van der Waals surface area contributed by atoms with Crippen LogP contribution in [0.1, 0.15) is 34.6 Å². The molecule has 0 amide bonds. The highest BCUT2D eigenvalue weighted by atomic mass is 15.2. The molecule has 0 aliphatic heterocycles. The van der Waals surface area contributed by atoms with Crippen LogP contribution in [0, 0.1) is 0 Å². The van der Waals surface area contributed by atoms with Gasteiger partial charge in [0.25, 0.3) is 0 Å².